The minimum atomic E-state index is -0.608. The van der Waals surface area contributed by atoms with Gasteiger partial charge in [-0.2, -0.15) is 0 Å². The van der Waals surface area contributed by atoms with Crippen molar-refractivity contribution in [1.29, 1.82) is 0 Å². The Morgan fingerprint density at radius 3 is 2.77 bits per heavy atom. The highest BCUT2D eigenvalue weighted by molar-refractivity contribution is 7.12. The zero-order valence-electron chi connectivity index (χ0n) is 14.8. The van der Waals surface area contributed by atoms with Crippen LogP contribution >= 0.6 is 11.3 Å². The highest BCUT2D eigenvalue weighted by Gasteiger charge is 2.43. The summed E-state index contributed by atoms with van der Waals surface area (Å²) in [5, 5.41) is 12.3. The minimum Gasteiger partial charge on any atom is -0.503 e. The highest BCUT2D eigenvalue weighted by atomic mass is 32.1. The van der Waals surface area contributed by atoms with Gasteiger partial charge in [0.2, 0.25) is 5.78 Å². The van der Waals surface area contributed by atoms with Crippen molar-refractivity contribution in [2.24, 2.45) is 0 Å². The van der Waals surface area contributed by atoms with E-state index in [-0.39, 0.29) is 11.4 Å². The molecule has 136 valence electrons. The van der Waals surface area contributed by atoms with Gasteiger partial charge < -0.3 is 14.9 Å². The molecule has 6 nitrogen and oxygen atoms in total. The van der Waals surface area contributed by atoms with Gasteiger partial charge in [-0.3, -0.25) is 14.6 Å². The lowest BCUT2D eigenvalue weighted by Gasteiger charge is -2.26. The van der Waals surface area contributed by atoms with Gasteiger partial charge in [0.25, 0.3) is 5.91 Å². The molecule has 3 heterocycles. The van der Waals surface area contributed by atoms with Crippen LogP contribution in [0, 0.1) is 0 Å². The number of rotatable bonds is 7. The van der Waals surface area contributed by atoms with Gasteiger partial charge in [-0.25, -0.2) is 0 Å². The third kappa shape index (κ3) is 3.54. The number of aliphatic hydroxyl groups is 1. The Balaban J connectivity index is 1.97. The molecule has 0 saturated heterocycles. The first-order chi connectivity index (χ1) is 12.5. The van der Waals surface area contributed by atoms with E-state index in [1.54, 1.807) is 40.9 Å². The van der Waals surface area contributed by atoms with Crippen molar-refractivity contribution >= 4 is 23.0 Å². The third-order valence-corrected chi connectivity index (χ3v) is 5.24. The van der Waals surface area contributed by atoms with Crippen LogP contribution in [0.3, 0.4) is 0 Å². The number of pyridine rings is 1. The molecule has 2 aromatic heterocycles. The SMILES string of the molecule is C[NH+](C)CCCN1C(=O)C(O)=C(C(=O)c2cccs2)[C@H]1c1cccnc1. The second-order valence-corrected chi connectivity index (χ2v) is 7.51. The van der Waals surface area contributed by atoms with Gasteiger partial charge >= 0.3 is 0 Å². The molecular weight excluding hydrogens is 350 g/mol. The summed E-state index contributed by atoms with van der Waals surface area (Å²) in [6, 6.07) is 6.47. The van der Waals surface area contributed by atoms with Crippen molar-refractivity contribution in [3.05, 3.63) is 63.8 Å². The van der Waals surface area contributed by atoms with Gasteiger partial charge in [-0.15, -0.1) is 11.3 Å². The number of hydrogen-bond acceptors (Lipinski definition) is 5. The first-order valence-corrected chi connectivity index (χ1v) is 9.40. The van der Waals surface area contributed by atoms with Gasteiger partial charge in [-0.1, -0.05) is 12.1 Å². The summed E-state index contributed by atoms with van der Waals surface area (Å²) in [6.45, 7) is 1.35. The Morgan fingerprint density at radius 2 is 2.15 bits per heavy atom. The number of carbonyl (C=O) groups excluding carboxylic acids is 2. The van der Waals surface area contributed by atoms with Crippen LogP contribution in [0.5, 0.6) is 0 Å². The van der Waals surface area contributed by atoms with E-state index in [1.165, 1.54) is 16.2 Å². The molecule has 2 N–H and O–H groups in total. The molecule has 0 bridgehead atoms. The van der Waals surface area contributed by atoms with Crippen molar-refractivity contribution in [3.63, 3.8) is 0 Å². The van der Waals surface area contributed by atoms with E-state index >= 15 is 0 Å². The van der Waals surface area contributed by atoms with Gasteiger partial charge in [0.05, 0.1) is 37.1 Å². The summed E-state index contributed by atoms with van der Waals surface area (Å²) in [5.74, 6) is -1.25. The van der Waals surface area contributed by atoms with E-state index < -0.39 is 17.7 Å². The molecule has 0 aliphatic carbocycles. The predicted octanol–water partition coefficient (Wildman–Crippen LogP) is 1.26. The summed E-state index contributed by atoms with van der Waals surface area (Å²) in [4.78, 5) is 33.1. The molecule has 1 aliphatic rings. The fraction of sp³-hybridized carbons (Fsp3) is 0.316. The maximum absolute atomic E-state index is 13.0. The zero-order valence-corrected chi connectivity index (χ0v) is 15.6. The van der Waals surface area contributed by atoms with Crippen molar-refractivity contribution in [2.45, 2.75) is 12.5 Å². The molecule has 3 rings (SSSR count). The second kappa shape index (κ2) is 7.80. The molecular formula is C19H22N3O3S+. The van der Waals surface area contributed by atoms with Crippen LogP contribution in [0.15, 0.2) is 53.4 Å². The number of Topliss-reactive ketones (excluding diaryl/α,β-unsaturated/α-hetero) is 1. The van der Waals surface area contributed by atoms with Crippen LogP contribution in [-0.2, 0) is 4.79 Å². The van der Waals surface area contributed by atoms with Crippen LogP contribution in [0.25, 0.3) is 0 Å². The van der Waals surface area contributed by atoms with Gasteiger partial charge in [0.1, 0.15) is 0 Å². The number of nitrogens with one attached hydrogen (secondary N) is 1. The molecule has 7 heteroatoms. The molecule has 1 amide bonds. The number of ketones is 1. The van der Waals surface area contributed by atoms with E-state index in [4.69, 9.17) is 0 Å². The lowest BCUT2D eigenvalue weighted by molar-refractivity contribution is -0.858. The topological polar surface area (TPSA) is 74.9 Å². The Morgan fingerprint density at radius 1 is 1.35 bits per heavy atom. The number of thiophene rings is 1. The van der Waals surface area contributed by atoms with Crippen LogP contribution in [0.1, 0.15) is 27.7 Å². The zero-order chi connectivity index (χ0) is 18.7. The summed E-state index contributed by atoms with van der Waals surface area (Å²) in [5.41, 5.74) is 0.865. The van der Waals surface area contributed by atoms with Crippen molar-refractivity contribution in [2.75, 3.05) is 27.2 Å². The molecule has 0 saturated carbocycles. The number of hydrogen-bond donors (Lipinski definition) is 2. The van der Waals surface area contributed by atoms with Crippen molar-refractivity contribution in [3.8, 4) is 0 Å². The predicted molar refractivity (Wildman–Crippen MR) is 99.3 cm³/mol. The number of aromatic nitrogens is 1. The highest BCUT2D eigenvalue weighted by Crippen LogP contribution is 2.39. The van der Waals surface area contributed by atoms with E-state index in [0.717, 1.165) is 18.5 Å². The van der Waals surface area contributed by atoms with Crippen LogP contribution in [0.4, 0.5) is 0 Å². The fourth-order valence-corrected chi connectivity index (χ4v) is 3.82. The van der Waals surface area contributed by atoms with E-state index in [1.807, 2.05) is 20.2 Å². The Hall–Kier alpha value is -2.51. The summed E-state index contributed by atoms with van der Waals surface area (Å²) in [7, 11) is 4.09. The number of quaternary nitrogens is 1. The Labute approximate surface area is 156 Å². The maximum Gasteiger partial charge on any atom is 0.290 e. The second-order valence-electron chi connectivity index (χ2n) is 6.57. The molecule has 1 atom stereocenters. The molecule has 0 radical (unpaired) electrons. The fourth-order valence-electron chi connectivity index (χ4n) is 3.14. The van der Waals surface area contributed by atoms with Gasteiger partial charge in [0, 0.05) is 25.4 Å². The number of amides is 1. The normalized spacial score (nSPS) is 17.4. The summed E-state index contributed by atoms with van der Waals surface area (Å²) < 4.78 is 0. The molecule has 2 aromatic rings. The molecule has 0 unspecified atom stereocenters. The van der Waals surface area contributed by atoms with Gasteiger partial charge in [0.15, 0.2) is 5.76 Å². The Kier molecular flexibility index (Phi) is 5.49. The number of nitrogens with zero attached hydrogens (tertiary/aromatic N) is 2. The first-order valence-electron chi connectivity index (χ1n) is 8.52. The molecule has 0 aromatic carbocycles. The maximum atomic E-state index is 13.0. The lowest BCUT2D eigenvalue weighted by atomic mass is 9.96. The molecule has 0 spiro atoms. The first kappa shape index (κ1) is 18.3. The number of carbonyl (C=O) groups is 2. The summed E-state index contributed by atoms with van der Waals surface area (Å²) >= 11 is 1.30. The van der Waals surface area contributed by atoms with Gasteiger partial charge in [-0.05, 0) is 23.1 Å². The average Bonchev–Trinajstić information content (AvgIpc) is 3.24. The molecule has 0 fully saturated rings. The van der Waals surface area contributed by atoms with Crippen LogP contribution < -0.4 is 4.90 Å². The van der Waals surface area contributed by atoms with Crippen LogP contribution in [-0.4, -0.2) is 53.9 Å². The average molecular weight is 372 g/mol. The lowest BCUT2D eigenvalue weighted by Crippen LogP contribution is -3.05. The Bertz CT molecular complexity index is 816. The molecule has 26 heavy (non-hydrogen) atoms. The van der Waals surface area contributed by atoms with Crippen LogP contribution in [0.2, 0.25) is 0 Å². The van der Waals surface area contributed by atoms with Crippen molar-refractivity contribution < 1.29 is 19.6 Å². The minimum absolute atomic E-state index is 0.141. The summed E-state index contributed by atoms with van der Waals surface area (Å²) in [6.07, 6.45) is 4.06. The smallest absolute Gasteiger partial charge is 0.290 e. The standard InChI is InChI=1S/C19H21N3O3S/c1-21(2)9-5-10-22-16(13-6-3-8-20-12-13)15(18(24)19(22)25)17(23)14-7-4-11-26-14/h3-4,6-8,11-12,16,24H,5,9-10H2,1-2H3/p+1/t16-/m1/s1. The van der Waals surface area contributed by atoms with E-state index in [9.17, 15) is 14.7 Å². The van der Waals surface area contributed by atoms with E-state index in [2.05, 4.69) is 4.98 Å². The quantitative estimate of drug-likeness (QED) is 0.718. The molecule has 1 aliphatic heterocycles. The third-order valence-electron chi connectivity index (χ3n) is 4.37. The van der Waals surface area contributed by atoms with Crippen molar-refractivity contribution in [1.82, 2.24) is 9.88 Å². The number of aliphatic hydroxyl groups excluding tert-OH is 1. The largest absolute Gasteiger partial charge is 0.503 e. The van der Waals surface area contributed by atoms with E-state index in [0.29, 0.717) is 11.4 Å². The monoisotopic (exact) mass is 372 g/mol.